The van der Waals surface area contributed by atoms with E-state index in [1.807, 2.05) is 32.9 Å². The lowest BCUT2D eigenvalue weighted by molar-refractivity contribution is 0.00160. The minimum Gasteiger partial charge on any atom is -0.444 e. The Kier molecular flexibility index (Phi) is 4.83. The molecule has 1 amide bonds. The molecule has 0 aromatic heterocycles. The lowest BCUT2D eigenvalue weighted by Crippen LogP contribution is -2.50. The number of carbonyl (C=O) groups excluding carboxylic acids is 1. The van der Waals surface area contributed by atoms with Gasteiger partial charge in [0.2, 0.25) is 0 Å². The van der Waals surface area contributed by atoms with Crippen LogP contribution in [0.1, 0.15) is 39.2 Å². The number of hydrogen-bond acceptors (Lipinski definition) is 3. The first kappa shape index (κ1) is 19.5. The normalized spacial score (nSPS) is 28.9. The molecule has 1 aromatic carbocycles. The van der Waals surface area contributed by atoms with Crippen LogP contribution in [0.5, 0.6) is 0 Å². The Hall–Kier alpha value is -1.23. The van der Waals surface area contributed by atoms with Crippen molar-refractivity contribution in [2.75, 3.05) is 13.1 Å². The SMILES string of the molecule is C=CC(O)C12CN(C(=O)OC(C)(C)C)CCC1(c1ccc(Cl)c(Cl)c1)C2. The molecule has 6 heteroatoms. The van der Waals surface area contributed by atoms with Gasteiger partial charge in [-0.15, -0.1) is 6.58 Å². The fourth-order valence-corrected chi connectivity index (χ4v) is 4.60. The predicted molar refractivity (Wildman–Crippen MR) is 104 cm³/mol. The fraction of sp³-hybridized carbons (Fsp3) is 0.550. The van der Waals surface area contributed by atoms with Gasteiger partial charge in [-0.25, -0.2) is 4.79 Å². The van der Waals surface area contributed by atoms with Crippen molar-refractivity contribution < 1.29 is 14.6 Å². The molecule has 3 unspecified atom stereocenters. The van der Waals surface area contributed by atoms with E-state index in [1.165, 1.54) is 0 Å². The molecular weight excluding hydrogens is 373 g/mol. The fourth-order valence-electron chi connectivity index (χ4n) is 4.30. The lowest BCUT2D eigenvalue weighted by Gasteiger charge is -2.40. The molecular formula is C20H25Cl2NO3. The van der Waals surface area contributed by atoms with Gasteiger partial charge in [0.05, 0.1) is 16.1 Å². The van der Waals surface area contributed by atoms with Gasteiger partial charge in [0, 0.05) is 23.9 Å². The van der Waals surface area contributed by atoms with Gasteiger partial charge in [-0.2, -0.15) is 0 Å². The first-order chi connectivity index (χ1) is 12.0. The molecule has 2 aliphatic rings. The Balaban J connectivity index is 1.90. The summed E-state index contributed by atoms with van der Waals surface area (Å²) < 4.78 is 5.52. The van der Waals surface area contributed by atoms with Crippen LogP contribution in [0.3, 0.4) is 0 Å². The lowest BCUT2D eigenvalue weighted by atomic mass is 9.77. The van der Waals surface area contributed by atoms with Crippen LogP contribution in [0.4, 0.5) is 4.79 Å². The molecule has 3 atom stereocenters. The number of amides is 1. The molecule has 4 nitrogen and oxygen atoms in total. The number of aliphatic hydroxyl groups excluding tert-OH is 1. The topological polar surface area (TPSA) is 49.8 Å². The van der Waals surface area contributed by atoms with E-state index >= 15 is 0 Å². The summed E-state index contributed by atoms with van der Waals surface area (Å²) in [4.78, 5) is 14.2. The summed E-state index contributed by atoms with van der Waals surface area (Å²) in [5.74, 6) is 0. The van der Waals surface area contributed by atoms with Gasteiger partial charge < -0.3 is 14.7 Å². The maximum absolute atomic E-state index is 12.5. The van der Waals surface area contributed by atoms with Crippen LogP contribution in [0, 0.1) is 5.41 Å². The molecule has 1 aromatic rings. The molecule has 1 aliphatic heterocycles. The standard InChI is InChI=1S/C20H25Cl2NO3/c1-5-16(24)20-11-19(20,13-6-7-14(21)15(22)10-13)8-9-23(12-20)17(25)26-18(2,3)4/h5-7,10,16,24H,1,8-9,11-12H2,2-4H3. The monoisotopic (exact) mass is 397 g/mol. The Morgan fingerprint density at radius 2 is 2.08 bits per heavy atom. The Bertz CT molecular complexity index is 745. The molecule has 1 heterocycles. The maximum Gasteiger partial charge on any atom is 0.410 e. The Morgan fingerprint density at radius 1 is 1.38 bits per heavy atom. The molecule has 1 aliphatic carbocycles. The second-order valence-electron chi connectivity index (χ2n) is 8.38. The number of fused-ring (bicyclic) bond motifs is 1. The van der Waals surface area contributed by atoms with Crippen LogP contribution in [0.25, 0.3) is 0 Å². The summed E-state index contributed by atoms with van der Waals surface area (Å²) in [5.41, 5.74) is -0.200. The highest BCUT2D eigenvalue weighted by atomic mass is 35.5. The van der Waals surface area contributed by atoms with E-state index in [0.29, 0.717) is 23.1 Å². The van der Waals surface area contributed by atoms with Gasteiger partial charge in [0.25, 0.3) is 0 Å². The van der Waals surface area contributed by atoms with E-state index in [-0.39, 0.29) is 11.5 Å². The van der Waals surface area contributed by atoms with E-state index in [0.717, 1.165) is 18.4 Å². The van der Waals surface area contributed by atoms with E-state index in [2.05, 4.69) is 6.58 Å². The van der Waals surface area contributed by atoms with Crippen molar-refractivity contribution in [3.63, 3.8) is 0 Å². The van der Waals surface area contributed by atoms with Crippen molar-refractivity contribution in [2.45, 2.75) is 50.7 Å². The quantitative estimate of drug-likeness (QED) is 0.744. The minimum atomic E-state index is -0.720. The van der Waals surface area contributed by atoms with Crippen LogP contribution >= 0.6 is 23.2 Å². The smallest absolute Gasteiger partial charge is 0.410 e. The number of rotatable bonds is 3. The second-order valence-corrected chi connectivity index (χ2v) is 9.19. The van der Waals surface area contributed by atoms with Crippen molar-refractivity contribution in [3.8, 4) is 0 Å². The van der Waals surface area contributed by atoms with Crippen molar-refractivity contribution in [2.24, 2.45) is 5.41 Å². The van der Waals surface area contributed by atoms with Gasteiger partial charge in [0.15, 0.2) is 0 Å². The number of piperidine rings is 1. The number of likely N-dealkylation sites (tertiary alicyclic amines) is 1. The predicted octanol–water partition coefficient (Wildman–Crippen LogP) is 4.81. The van der Waals surface area contributed by atoms with Gasteiger partial charge in [-0.1, -0.05) is 35.3 Å². The first-order valence-corrected chi connectivity index (χ1v) is 9.54. The van der Waals surface area contributed by atoms with Crippen molar-refractivity contribution in [3.05, 3.63) is 46.5 Å². The molecule has 142 valence electrons. The Morgan fingerprint density at radius 3 is 2.65 bits per heavy atom. The summed E-state index contributed by atoms with van der Waals surface area (Å²) in [7, 11) is 0. The summed E-state index contributed by atoms with van der Waals surface area (Å²) in [6.45, 7) is 10.3. The van der Waals surface area contributed by atoms with E-state index < -0.39 is 17.1 Å². The number of benzene rings is 1. The molecule has 0 bridgehead atoms. The number of hydrogen-bond donors (Lipinski definition) is 1. The summed E-state index contributed by atoms with van der Waals surface area (Å²) in [5, 5.41) is 11.7. The summed E-state index contributed by atoms with van der Waals surface area (Å²) >= 11 is 12.3. The number of aliphatic hydroxyl groups is 1. The van der Waals surface area contributed by atoms with Gasteiger partial charge >= 0.3 is 6.09 Å². The average Bonchev–Trinajstić information content (AvgIpc) is 3.26. The molecule has 1 saturated carbocycles. The second kappa shape index (κ2) is 6.43. The zero-order valence-corrected chi connectivity index (χ0v) is 16.9. The maximum atomic E-state index is 12.5. The highest BCUT2D eigenvalue weighted by Crippen LogP contribution is 2.70. The summed E-state index contributed by atoms with van der Waals surface area (Å²) in [6.07, 6.45) is 1.99. The molecule has 2 fully saturated rings. The first-order valence-electron chi connectivity index (χ1n) is 8.79. The van der Waals surface area contributed by atoms with Crippen LogP contribution in [-0.2, 0) is 10.2 Å². The van der Waals surface area contributed by atoms with Gasteiger partial charge in [-0.05, 0) is 51.3 Å². The average molecular weight is 398 g/mol. The van der Waals surface area contributed by atoms with E-state index in [9.17, 15) is 9.90 Å². The van der Waals surface area contributed by atoms with Crippen molar-refractivity contribution in [1.82, 2.24) is 4.90 Å². The molecule has 3 rings (SSSR count). The van der Waals surface area contributed by atoms with Crippen molar-refractivity contribution in [1.29, 1.82) is 0 Å². The van der Waals surface area contributed by atoms with Crippen LogP contribution < -0.4 is 0 Å². The third-order valence-electron chi connectivity index (χ3n) is 5.64. The molecule has 1 saturated heterocycles. The number of carbonyl (C=O) groups is 1. The van der Waals surface area contributed by atoms with Crippen LogP contribution in [0.15, 0.2) is 30.9 Å². The van der Waals surface area contributed by atoms with E-state index in [4.69, 9.17) is 27.9 Å². The zero-order chi connectivity index (χ0) is 19.3. The third kappa shape index (κ3) is 3.12. The Labute approximate surface area is 164 Å². The van der Waals surface area contributed by atoms with E-state index in [1.54, 1.807) is 17.0 Å². The highest BCUT2D eigenvalue weighted by molar-refractivity contribution is 6.42. The molecule has 1 N–H and O–H groups in total. The number of halogens is 2. The van der Waals surface area contributed by atoms with Crippen LogP contribution in [-0.4, -0.2) is 40.9 Å². The van der Waals surface area contributed by atoms with Gasteiger partial charge in [0.1, 0.15) is 5.60 Å². The highest BCUT2D eigenvalue weighted by Gasteiger charge is 2.72. The molecule has 0 spiro atoms. The molecule has 0 radical (unpaired) electrons. The zero-order valence-electron chi connectivity index (χ0n) is 15.4. The minimum absolute atomic E-state index is 0.229. The number of nitrogens with zero attached hydrogens (tertiary/aromatic N) is 1. The largest absolute Gasteiger partial charge is 0.444 e. The third-order valence-corrected chi connectivity index (χ3v) is 6.38. The van der Waals surface area contributed by atoms with Crippen molar-refractivity contribution >= 4 is 29.3 Å². The van der Waals surface area contributed by atoms with Gasteiger partial charge in [-0.3, -0.25) is 0 Å². The summed E-state index contributed by atoms with van der Waals surface area (Å²) in [6, 6.07) is 5.64. The number of ether oxygens (including phenoxy) is 1. The molecule has 26 heavy (non-hydrogen) atoms. The van der Waals surface area contributed by atoms with Crippen LogP contribution in [0.2, 0.25) is 10.0 Å².